The van der Waals surface area contributed by atoms with E-state index in [2.05, 4.69) is 5.32 Å². The van der Waals surface area contributed by atoms with Gasteiger partial charge in [-0.3, -0.25) is 19.3 Å². The van der Waals surface area contributed by atoms with E-state index in [4.69, 9.17) is 4.74 Å². The normalized spacial score (nSPS) is 19.0. The maximum atomic E-state index is 11.9. The van der Waals surface area contributed by atoms with Gasteiger partial charge in [-0.25, -0.2) is 0 Å². The number of hydrogen-bond donors (Lipinski definition) is 1. The highest BCUT2D eigenvalue weighted by Crippen LogP contribution is 2.10. The molecule has 1 aliphatic rings. The molecule has 1 saturated heterocycles. The van der Waals surface area contributed by atoms with E-state index in [1.54, 1.807) is 19.0 Å². The topological polar surface area (TPSA) is 79.0 Å². The molecule has 0 radical (unpaired) electrons. The first-order chi connectivity index (χ1) is 9.95. The Bertz CT molecular complexity index is 384. The molecule has 21 heavy (non-hydrogen) atoms. The number of nitrogens with one attached hydrogen (secondary N) is 1. The summed E-state index contributed by atoms with van der Waals surface area (Å²) in [5.41, 5.74) is 0. The van der Waals surface area contributed by atoms with Gasteiger partial charge in [-0.2, -0.15) is 0 Å². The summed E-state index contributed by atoms with van der Waals surface area (Å²) < 4.78 is 5.09. The lowest BCUT2D eigenvalue weighted by atomic mass is 10.1. The molecule has 0 aromatic heterocycles. The van der Waals surface area contributed by atoms with E-state index in [1.165, 1.54) is 4.90 Å². The monoisotopic (exact) mass is 299 g/mol. The average Bonchev–Trinajstić information content (AvgIpc) is 2.42. The van der Waals surface area contributed by atoms with Crippen LogP contribution in [0.2, 0.25) is 0 Å². The number of hydrogen-bond acceptors (Lipinski definition) is 5. The summed E-state index contributed by atoms with van der Waals surface area (Å²) in [6, 6.07) is -0.628. The zero-order valence-corrected chi connectivity index (χ0v) is 13.1. The maximum absolute atomic E-state index is 11.9. The standard InChI is InChI=1S/C14H25N3O4/c1-4-5-8-21-13(19)9-11-14(20)15-6-7-17(11)10-12(18)16(2)3/h11H,4-10H2,1-3H3,(H,15,20). The Labute approximate surface area is 125 Å². The third kappa shape index (κ3) is 5.71. The molecule has 1 rings (SSSR count). The molecule has 1 unspecified atom stereocenters. The summed E-state index contributed by atoms with van der Waals surface area (Å²) in [5, 5.41) is 2.72. The second-order valence-corrected chi connectivity index (χ2v) is 5.34. The Kier molecular flexibility index (Phi) is 7.14. The van der Waals surface area contributed by atoms with Gasteiger partial charge in [0.15, 0.2) is 0 Å². The van der Waals surface area contributed by atoms with Crippen LogP contribution >= 0.6 is 0 Å². The van der Waals surface area contributed by atoms with E-state index >= 15 is 0 Å². The van der Waals surface area contributed by atoms with Crippen molar-refractivity contribution < 1.29 is 19.1 Å². The number of nitrogens with zero attached hydrogens (tertiary/aromatic N) is 2. The van der Waals surface area contributed by atoms with Gasteiger partial charge in [0.05, 0.1) is 19.6 Å². The Morgan fingerprint density at radius 1 is 1.43 bits per heavy atom. The van der Waals surface area contributed by atoms with Crippen LogP contribution in [-0.4, -0.2) is 74.0 Å². The quantitative estimate of drug-likeness (QED) is 0.511. The van der Waals surface area contributed by atoms with E-state index in [9.17, 15) is 14.4 Å². The van der Waals surface area contributed by atoms with Crippen molar-refractivity contribution in [3.63, 3.8) is 0 Å². The third-order valence-corrected chi connectivity index (χ3v) is 3.40. The average molecular weight is 299 g/mol. The molecule has 1 fully saturated rings. The first-order valence-electron chi connectivity index (χ1n) is 7.33. The predicted molar refractivity (Wildman–Crippen MR) is 77.5 cm³/mol. The van der Waals surface area contributed by atoms with Crippen molar-refractivity contribution in [3.8, 4) is 0 Å². The fourth-order valence-electron chi connectivity index (χ4n) is 2.04. The molecule has 7 nitrogen and oxygen atoms in total. The largest absolute Gasteiger partial charge is 0.466 e. The van der Waals surface area contributed by atoms with Crippen molar-refractivity contribution in [1.29, 1.82) is 0 Å². The number of amides is 2. The molecule has 1 atom stereocenters. The minimum Gasteiger partial charge on any atom is -0.466 e. The minimum atomic E-state index is -0.628. The molecule has 0 spiro atoms. The number of carbonyl (C=O) groups is 3. The van der Waals surface area contributed by atoms with Crippen LogP contribution < -0.4 is 5.32 Å². The lowest BCUT2D eigenvalue weighted by molar-refractivity contribution is -0.149. The Hall–Kier alpha value is -1.63. The van der Waals surface area contributed by atoms with E-state index in [-0.39, 0.29) is 24.8 Å². The van der Waals surface area contributed by atoms with Crippen LogP contribution in [-0.2, 0) is 19.1 Å². The highest BCUT2D eigenvalue weighted by atomic mass is 16.5. The second-order valence-electron chi connectivity index (χ2n) is 5.34. The number of esters is 1. The molecular weight excluding hydrogens is 274 g/mol. The van der Waals surface area contributed by atoms with Gasteiger partial charge in [0.2, 0.25) is 11.8 Å². The zero-order chi connectivity index (χ0) is 15.8. The Balaban J connectivity index is 2.58. The van der Waals surface area contributed by atoms with Gasteiger partial charge in [-0.15, -0.1) is 0 Å². The molecule has 1 aliphatic heterocycles. The highest BCUT2D eigenvalue weighted by Gasteiger charge is 2.33. The van der Waals surface area contributed by atoms with Gasteiger partial charge < -0.3 is 15.0 Å². The zero-order valence-electron chi connectivity index (χ0n) is 13.1. The van der Waals surface area contributed by atoms with Crippen molar-refractivity contribution >= 4 is 17.8 Å². The van der Waals surface area contributed by atoms with E-state index < -0.39 is 12.0 Å². The fourth-order valence-corrected chi connectivity index (χ4v) is 2.04. The molecule has 0 saturated carbocycles. The Morgan fingerprint density at radius 2 is 2.14 bits per heavy atom. The van der Waals surface area contributed by atoms with Crippen LogP contribution in [0.5, 0.6) is 0 Å². The molecule has 0 bridgehead atoms. The summed E-state index contributed by atoms with van der Waals surface area (Å²) in [4.78, 5) is 38.7. The van der Waals surface area contributed by atoms with Gasteiger partial charge in [0.1, 0.15) is 6.04 Å². The summed E-state index contributed by atoms with van der Waals surface area (Å²) in [6.07, 6.45) is 1.74. The van der Waals surface area contributed by atoms with Crippen LogP contribution in [0.1, 0.15) is 26.2 Å². The number of carbonyl (C=O) groups excluding carboxylic acids is 3. The molecule has 120 valence electrons. The molecule has 1 heterocycles. The number of piperazine rings is 1. The van der Waals surface area contributed by atoms with Gasteiger partial charge in [-0.05, 0) is 6.42 Å². The van der Waals surface area contributed by atoms with Crippen LogP contribution in [0.15, 0.2) is 0 Å². The van der Waals surface area contributed by atoms with Crippen LogP contribution in [0.25, 0.3) is 0 Å². The van der Waals surface area contributed by atoms with Crippen LogP contribution in [0.3, 0.4) is 0 Å². The predicted octanol–water partition coefficient (Wildman–Crippen LogP) is -0.392. The van der Waals surface area contributed by atoms with Crippen molar-refractivity contribution in [3.05, 3.63) is 0 Å². The molecule has 2 amide bonds. The van der Waals surface area contributed by atoms with Crippen molar-refractivity contribution in [2.45, 2.75) is 32.2 Å². The molecule has 7 heteroatoms. The minimum absolute atomic E-state index is 0.0176. The highest BCUT2D eigenvalue weighted by molar-refractivity contribution is 5.88. The maximum Gasteiger partial charge on any atom is 0.307 e. The van der Waals surface area contributed by atoms with E-state index in [1.807, 2.05) is 6.92 Å². The van der Waals surface area contributed by atoms with Gasteiger partial charge >= 0.3 is 5.97 Å². The lowest BCUT2D eigenvalue weighted by Gasteiger charge is -2.34. The van der Waals surface area contributed by atoms with Gasteiger partial charge in [0.25, 0.3) is 0 Å². The lowest BCUT2D eigenvalue weighted by Crippen LogP contribution is -2.57. The first kappa shape index (κ1) is 17.4. The number of rotatable bonds is 7. The number of unbranched alkanes of at least 4 members (excludes halogenated alkanes) is 1. The smallest absolute Gasteiger partial charge is 0.307 e. The fraction of sp³-hybridized carbons (Fsp3) is 0.786. The summed E-state index contributed by atoms with van der Waals surface area (Å²) in [7, 11) is 3.33. The van der Waals surface area contributed by atoms with Crippen molar-refractivity contribution in [2.24, 2.45) is 0 Å². The summed E-state index contributed by atoms with van der Waals surface area (Å²) >= 11 is 0. The first-order valence-corrected chi connectivity index (χ1v) is 7.33. The van der Waals surface area contributed by atoms with E-state index in [0.717, 1.165) is 12.8 Å². The summed E-state index contributed by atoms with van der Waals surface area (Å²) in [6.45, 7) is 3.56. The second kappa shape index (κ2) is 8.61. The van der Waals surface area contributed by atoms with E-state index in [0.29, 0.717) is 19.7 Å². The van der Waals surface area contributed by atoms with Gasteiger partial charge in [0, 0.05) is 27.2 Å². The molecular formula is C14H25N3O4. The van der Waals surface area contributed by atoms with Crippen molar-refractivity contribution in [1.82, 2.24) is 15.1 Å². The molecule has 0 aliphatic carbocycles. The van der Waals surface area contributed by atoms with Crippen LogP contribution in [0.4, 0.5) is 0 Å². The number of ether oxygens (including phenoxy) is 1. The molecule has 0 aromatic carbocycles. The van der Waals surface area contributed by atoms with Crippen LogP contribution in [0, 0.1) is 0 Å². The third-order valence-electron chi connectivity index (χ3n) is 3.40. The Morgan fingerprint density at radius 3 is 2.76 bits per heavy atom. The SMILES string of the molecule is CCCCOC(=O)CC1C(=O)NCCN1CC(=O)N(C)C. The van der Waals surface area contributed by atoms with Crippen molar-refractivity contribution in [2.75, 3.05) is 40.3 Å². The van der Waals surface area contributed by atoms with Gasteiger partial charge in [-0.1, -0.05) is 13.3 Å². The number of likely N-dealkylation sites (N-methyl/N-ethyl adjacent to an activating group) is 1. The molecule has 1 N–H and O–H groups in total. The molecule has 0 aromatic rings. The summed E-state index contributed by atoms with van der Waals surface area (Å²) in [5.74, 6) is -0.706.